The van der Waals surface area contributed by atoms with Crippen molar-refractivity contribution < 1.29 is 18.2 Å². The van der Waals surface area contributed by atoms with Crippen LogP contribution in [0.25, 0.3) is 0 Å². The van der Waals surface area contributed by atoms with E-state index in [9.17, 15) is 8.42 Å². The smallest absolute Gasteiger partial charge is 0.209 e. The number of sulfonamides is 1. The maximum atomic E-state index is 11.6. The zero-order valence-electron chi connectivity index (χ0n) is 13.1. The van der Waals surface area contributed by atoms with Crippen LogP contribution in [-0.2, 0) is 10.0 Å². The van der Waals surface area contributed by atoms with Gasteiger partial charge in [0.1, 0.15) is 32.2 Å². The summed E-state index contributed by atoms with van der Waals surface area (Å²) in [6.07, 6.45) is 1.24. The maximum absolute atomic E-state index is 11.6. The Hall–Kier alpha value is -0.470. The predicted molar refractivity (Wildman–Crippen MR) is 86.4 cm³/mol. The molecule has 0 aromatic carbocycles. The van der Waals surface area contributed by atoms with E-state index in [-0.39, 0.29) is 12.1 Å². The van der Waals surface area contributed by atoms with Gasteiger partial charge in [-0.15, -0.1) is 11.3 Å². The summed E-state index contributed by atoms with van der Waals surface area (Å²) < 4.78 is 25.9. The second-order valence-corrected chi connectivity index (χ2v) is 8.69. The van der Waals surface area contributed by atoms with Gasteiger partial charge in [0.05, 0.1) is 23.7 Å². The Morgan fingerprint density at radius 2 is 2.00 bits per heavy atom. The van der Waals surface area contributed by atoms with Crippen LogP contribution < -0.4 is 14.5 Å². The van der Waals surface area contributed by atoms with E-state index in [0.29, 0.717) is 0 Å². The van der Waals surface area contributed by atoms with Gasteiger partial charge in [0.2, 0.25) is 10.0 Å². The molecule has 0 spiro atoms. The molecule has 0 amide bonds. The van der Waals surface area contributed by atoms with Crippen molar-refractivity contribution in [2.75, 3.05) is 39.0 Å². The second kappa shape index (κ2) is 7.19. The van der Waals surface area contributed by atoms with E-state index in [0.717, 1.165) is 13.1 Å². The molecule has 2 rings (SSSR count). The molecular formula is C14H27N3O2S2+2. The van der Waals surface area contributed by atoms with E-state index in [1.165, 1.54) is 35.7 Å². The van der Waals surface area contributed by atoms with Gasteiger partial charge in [-0.25, -0.2) is 13.1 Å². The van der Waals surface area contributed by atoms with Crippen LogP contribution >= 0.6 is 11.3 Å². The monoisotopic (exact) mass is 333 g/mol. The van der Waals surface area contributed by atoms with Gasteiger partial charge in [0, 0.05) is 0 Å². The molecule has 1 aromatic rings. The van der Waals surface area contributed by atoms with Crippen LogP contribution in [-0.4, -0.2) is 53.4 Å². The van der Waals surface area contributed by atoms with E-state index in [1.807, 2.05) is 13.0 Å². The van der Waals surface area contributed by atoms with Crippen LogP contribution in [0.5, 0.6) is 0 Å². The minimum absolute atomic E-state index is 0.0863. The fraction of sp³-hybridized carbons (Fsp3) is 0.714. The Morgan fingerprint density at radius 1 is 1.33 bits per heavy atom. The average molecular weight is 334 g/mol. The van der Waals surface area contributed by atoms with Crippen LogP contribution in [0.2, 0.25) is 0 Å². The quantitative estimate of drug-likeness (QED) is 0.595. The highest BCUT2D eigenvalue weighted by Crippen LogP contribution is 2.20. The van der Waals surface area contributed by atoms with Crippen molar-refractivity contribution in [3.8, 4) is 0 Å². The third-order valence-electron chi connectivity index (χ3n) is 4.29. The number of thiophene rings is 1. The van der Waals surface area contributed by atoms with Crippen molar-refractivity contribution in [1.29, 1.82) is 0 Å². The van der Waals surface area contributed by atoms with E-state index < -0.39 is 10.0 Å². The molecule has 1 fully saturated rings. The Morgan fingerprint density at radius 3 is 2.48 bits per heavy atom. The third kappa shape index (κ3) is 4.75. The summed E-state index contributed by atoms with van der Waals surface area (Å²) in [4.78, 5) is 4.42. The Labute approximate surface area is 132 Å². The van der Waals surface area contributed by atoms with Gasteiger partial charge in [0.25, 0.3) is 0 Å². The van der Waals surface area contributed by atoms with Crippen molar-refractivity contribution in [3.63, 3.8) is 0 Å². The first-order valence-corrected chi connectivity index (χ1v) is 10.4. The van der Waals surface area contributed by atoms with Crippen LogP contribution in [0.15, 0.2) is 17.5 Å². The van der Waals surface area contributed by atoms with Gasteiger partial charge in [-0.05, 0) is 25.3 Å². The zero-order valence-corrected chi connectivity index (χ0v) is 14.7. The molecule has 21 heavy (non-hydrogen) atoms. The number of hydrogen-bond donors (Lipinski definition) is 3. The molecule has 2 heterocycles. The fourth-order valence-corrected chi connectivity index (χ4v) is 5.06. The van der Waals surface area contributed by atoms with Crippen molar-refractivity contribution in [2.24, 2.45) is 0 Å². The van der Waals surface area contributed by atoms with Gasteiger partial charge >= 0.3 is 0 Å². The summed E-state index contributed by atoms with van der Waals surface area (Å²) in [7, 11) is -3.18. The molecule has 1 saturated heterocycles. The van der Waals surface area contributed by atoms with E-state index in [4.69, 9.17) is 0 Å². The Bertz CT molecular complexity index is 522. The highest BCUT2D eigenvalue weighted by molar-refractivity contribution is 7.88. The first-order valence-electron chi connectivity index (χ1n) is 7.59. The molecule has 5 nitrogen and oxygen atoms in total. The van der Waals surface area contributed by atoms with E-state index >= 15 is 0 Å². The summed E-state index contributed by atoms with van der Waals surface area (Å²) in [5.41, 5.74) is 0. The molecule has 3 N–H and O–H groups in total. The van der Waals surface area contributed by atoms with Crippen LogP contribution in [0.1, 0.15) is 24.8 Å². The number of hydrogen-bond acceptors (Lipinski definition) is 3. The standard InChI is InChI=1S/C14H25N3O2S2/c1-4-16-7-9-17(10-8-16)14(13-6-5-11-20-13)12(2)15-21(3,18)19/h5-6,11-12,14-15H,4,7-10H2,1-3H3/p+2/t12-,14+/m0/s1. The lowest BCUT2D eigenvalue weighted by Gasteiger charge is -2.36. The van der Waals surface area contributed by atoms with Gasteiger partial charge in [-0.3, -0.25) is 0 Å². The normalized spacial score (nSPS) is 26.4. The fourth-order valence-electron chi connectivity index (χ4n) is 3.26. The molecular weight excluding hydrogens is 306 g/mol. The molecule has 0 saturated carbocycles. The predicted octanol–water partition coefficient (Wildman–Crippen LogP) is -1.47. The average Bonchev–Trinajstić information content (AvgIpc) is 2.91. The number of quaternary nitrogens is 2. The largest absolute Gasteiger partial charge is 0.326 e. The number of likely N-dealkylation sites (N-methyl/N-ethyl adjacent to an activating group) is 1. The van der Waals surface area contributed by atoms with Crippen molar-refractivity contribution in [3.05, 3.63) is 22.4 Å². The van der Waals surface area contributed by atoms with Crippen LogP contribution in [0.3, 0.4) is 0 Å². The molecule has 1 aromatic heterocycles. The van der Waals surface area contributed by atoms with Gasteiger partial charge in [0.15, 0.2) is 0 Å². The lowest BCUT2D eigenvalue weighted by atomic mass is 10.1. The molecule has 1 aliphatic rings. The first kappa shape index (κ1) is 16.9. The summed E-state index contributed by atoms with van der Waals surface area (Å²) in [5.74, 6) is 0. The Balaban J connectivity index is 2.14. The van der Waals surface area contributed by atoms with Crippen molar-refractivity contribution in [2.45, 2.75) is 25.9 Å². The molecule has 120 valence electrons. The lowest BCUT2D eigenvalue weighted by Crippen LogP contribution is -3.28. The van der Waals surface area contributed by atoms with Gasteiger partial charge in [-0.1, -0.05) is 6.07 Å². The lowest BCUT2D eigenvalue weighted by molar-refractivity contribution is -1.03. The third-order valence-corrected chi connectivity index (χ3v) is 6.04. The molecule has 1 aliphatic heterocycles. The highest BCUT2D eigenvalue weighted by Gasteiger charge is 2.35. The highest BCUT2D eigenvalue weighted by atomic mass is 32.2. The summed E-state index contributed by atoms with van der Waals surface area (Å²) >= 11 is 1.72. The van der Waals surface area contributed by atoms with Crippen LogP contribution in [0, 0.1) is 0 Å². The molecule has 7 heteroatoms. The summed E-state index contributed by atoms with van der Waals surface area (Å²) in [5, 5.41) is 2.07. The zero-order chi connectivity index (χ0) is 15.5. The Kier molecular flexibility index (Phi) is 5.79. The minimum atomic E-state index is -3.18. The first-order chi connectivity index (χ1) is 9.90. The van der Waals surface area contributed by atoms with Gasteiger partial charge in [-0.2, -0.15) is 0 Å². The SMILES string of the molecule is CC[NH+]1CC[NH+]([C@@H](c2cccs2)[C@H](C)NS(C)(=O)=O)CC1. The van der Waals surface area contributed by atoms with Crippen molar-refractivity contribution in [1.82, 2.24) is 4.72 Å². The molecule has 2 atom stereocenters. The molecule has 0 unspecified atom stereocenters. The topological polar surface area (TPSA) is 55.1 Å². The minimum Gasteiger partial charge on any atom is -0.326 e. The number of rotatable bonds is 6. The molecule has 0 aliphatic carbocycles. The van der Waals surface area contributed by atoms with Crippen molar-refractivity contribution >= 4 is 21.4 Å². The number of nitrogens with one attached hydrogen (secondary N) is 3. The van der Waals surface area contributed by atoms with E-state index in [2.05, 4.69) is 23.1 Å². The van der Waals surface area contributed by atoms with E-state index in [1.54, 1.807) is 16.2 Å². The maximum Gasteiger partial charge on any atom is 0.209 e. The second-order valence-electron chi connectivity index (χ2n) is 5.93. The van der Waals surface area contributed by atoms with Crippen LogP contribution in [0.4, 0.5) is 0 Å². The summed E-state index contributed by atoms with van der Waals surface area (Å²) in [6, 6.07) is 4.30. The van der Waals surface area contributed by atoms with Gasteiger partial charge < -0.3 is 9.80 Å². The molecule has 0 bridgehead atoms. The molecule has 0 radical (unpaired) electrons. The number of piperazine rings is 1. The summed E-state index contributed by atoms with van der Waals surface area (Å²) in [6.45, 7) is 9.91.